The van der Waals surface area contributed by atoms with Gasteiger partial charge in [-0.2, -0.15) is 10.0 Å². The molecule has 6 heteroatoms. The van der Waals surface area contributed by atoms with Crippen LogP contribution in [0, 0.1) is 0 Å². The molecule has 0 amide bonds. The molecule has 3 aromatic rings. The minimum absolute atomic E-state index is 0.00536. The van der Waals surface area contributed by atoms with Gasteiger partial charge in [-0.25, -0.2) is 0 Å². The molecule has 0 bridgehead atoms. The summed E-state index contributed by atoms with van der Waals surface area (Å²) in [7, 11) is -1.61. The van der Waals surface area contributed by atoms with Gasteiger partial charge in [0.1, 0.15) is 12.4 Å². The average molecular weight is 454 g/mol. The molecule has 0 atom stereocenters. The molecule has 0 N–H and O–H groups in total. The predicted octanol–water partition coefficient (Wildman–Crippen LogP) is 7.15. The third kappa shape index (κ3) is 5.24. The smallest absolute Gasteiger partial charge is 0.179 e. The van der Waals surface area contributed by atoms with Crippen LogP contribution in [0.3, 0.4) is 0 Å². The molecule has 3 rings (SSSR count). The van der Waals surface area contributed by atoms with Crippen molar-refractivity contribution in [1.82, 2.24) is 0 Å². The molecule has 0 aliphatic carbocycles. The molecule has 3 aromatic carbocycles. The first-order valence-corrected chi connectivity index (χ1v) is 11.9. The molecule has 0 unspecified atom stereocenters. The fourth-order valence-corrected chi connectivity index (χ4v) is 6.02. The van der Waals surface area contributed by atoms with Gasteiger partial charge in [-0.15, -0.1) is 0 Å². The maximum absolute atomic E-state index is 12.8. The van der Waals surface area contributed by atoms with Crippen molar-refractivity contribution in [2.45, 2.75) is 9.79 Å². The van der Waals surface area contributed by atoms with Gasteiger partial charge in [-0.3, -0.25) is 4.79 Å². The molecule has 0 heterocycles. The molecule has 28 heavy (non-hydrogen) atoms. The topological polar surface area (TPSA) is 26.3 Å². The van der Waals surface area contributed by atoms with E-state index in [1.165, 1.54) is 0 Å². The van der Waals surface area contributed by atoms with Crippen molar-refractivity contribution in [3.63, 3.8) is 0 Å². The van der Waals surface area contributed by atoms with Gasteiger partial charge in [-0.1, -0.05) is 34.8 Å². The molecule has 0 spiro atoms. The monoisotopic (exact) mass is 452 g/mol. The van der Waals surface area contributed by atoms with Crippen molar-refractivity contribution in [2.75, 3.05) is 18.6 Å². The fraction of sp³-hybridized carbons (Fsp3) is 0.136. The number of hydrogen-bond acceptors (Lipinski definition) is 2. The minimum atomic E-state index is -1.61. The number of carbonyl (C=O) groups is 1. The van der Waals surface area contributed by atoms with Crippen molar-refractivity contribution >= 4 is 50.6 Å². The lowest BCUT2D eigenvalue weighted by Gasteiger charge is -2.36. The highest BCUT2D eigenvalue weighted by molar-refractivity contribution is 8.33. The summed E-state index contributed by atoms with van der Waals surface area (Å²) in [6, 6.07) is 22.3. The van der Waals surface area contributed by atoms with Crippen LogP contribution < -0.4 is 4.74 Å². The van der Waals surface area contributed by atoms with Crippen LogP contribution in [0.1, 0.15) is 0 Å². The first-order chi connectivity index (χ1) is 13.4. The molecule has 0 fully saturated rings. The number of rotatable bonds is 7. The van der Waals surface area contributed by atoms with Gasteiger partial charge >= 0.3 is 0 Å². The van der Waals surface area contributed by atoms with E-state index in [0.717, 1.165) is 9.79 Å². The molecule has 0 aromatic heterocycles. The number of benzene rings is 3. The van der Waals surface area contributed by atoms with E-state index in [1.54, 1.807) is 24.3 Å². The summed E-state index contributed by atoms with van der Waals surface area (Å²) < 4.78 is 5.64. The Hall–Kier alpha value is -1.65. The van der Waals surface area contributed by atoms with Gasteiger partial charge < -0.3 is 4.74 Å². The zero-order valence-corrected chi connectivity index (χ0v) is 18.3. The van der Waals surface area contributed by atoms with Crippen LogP contribution in [-0.2, 0) is 4.79 Å². The van der Waals surface area contributed by atoms with Crippen molar-refractivity contribution in [2.24, 2.45) is 0 Å². The predicted molar refractivity (Wildman–Crippen MR) is 120 cm³/mol. The van der Waals surface area contributed by atoms with E-state index >= 15 is 0 Å². The average Bonchev–Trinajstić information content (AvgIpc) is 2.68. The molecule has 0 saturated carbocycles. The summed E-state index contributed by atoms with van der Waals surface area (Å²) in [4.78, 5) is 15.0. The summed E-state index contributed by atoms with van der Waals surface area (Å²) >= 11 is 18.0. The Bertz CT molecular complexity index is 894. The second-order valence-corrected chi connectivity index (χ2v) is 11.1. The van der Waals surface area contributed by atoms with Crippen LogP contribution in [0.5, 0.6) is 5.75 Å². The van der Waals surface area contributed by atoms with E-state index in [9.17, 15) is 4.79 Å². The SMILES string of the molecule is CS(CC(=O)COc1ccc(Cl)cc1)(c1ccc(Cl)cc1)c1ccc(Cl)cc1. The third-order valence-corrected chi connectivity index (χ3v) is 8.61. The van der Waals surface area contributed by atoms with Crippen molar-refractivity contribution in [1.29, 1.82) is 0 Å². The molecule has 0 aliphatic rings. The van der Waals surface area contributed by atoms with E-state index in [1.807, 2.05) is 48.5 Å². The van der Waals surface area contributed by atoms with Gasteiger partial charge in [0.25, 0.3) is 0 Å². The van der Waals surface area contributed by atoms with E-state index in [-0.39, 0.29) is 12.4 Å². The number of hydrogen-bond donors (Lipinski definition) is 0. The van der Waals surface area contributed by atoms with E-state index in [4.69, 9.17) is 39.5 Å². The number of halogens is 3. The highest BCUT2D eigenvalue weighted by atomic mass is 35.5. The summed E-state index contributed by atoms with van der Waals surface area (Å²) in [5, 5.41) is 1.96. The number of ether oxygens (including phenoxy) is 1. The van der Waals surface area contributed by atoms with Gasteiger partial charge in [0, 0.05) is 20.8 Å². The lowest BCUT2D eigenvalue weighted by molar-refractivity contribution is -0.118. The van der Waals surface area contributed by atoms with Gasteiger partial charge in [-0.05, 0) is 88.8 Å². The molecular formula is C22H19Cl3O2S. The van der Waals surface area contributed by atoms with Crippen LogP contribution >= 0.6 is 44.8 Å². The number of Topliss-reactive ketones (excluding diaryl/α,β-unsaturated/α-hetero) is 1. The fourth-order valence-electron chi connectivity index (χ4n) is 2.83. The van der Waals surface area contributed by atoms with Crippen LogP contribution in [0.15, 0.2) is 82.6 Å². The minimum Gasteiger partial charge on any atom is -0.486 e. The Labute approximate surface area is 181 Å². The molecular weight excluding hydrogens is 435 g/mol. The highest BCUT2D eigenvalue weighted by Crippen LogP contribution is 2.59. The lowest BCUT2D eigenvalue weighted by Crippen LogP contribution is -2.20. The Morgan fingerprint density at radius 2 is 1.14 bits per heavy atom. The summed E-state index contributed by atoms with van der Waals surface area (Å²) in [5.74, 6) is 1.01. The first kappa shape index (κ1) is 21.1. The van der Waals surface area contributed by atoms with E-state index in [2.05, 4.69) is 6.26 Å². The zero-order chi connectivity index (χ0) is 20.1. The molecule has 0 radical (unpaired) electrons. The number of carbonyl (C=O) groups excluding carboxylic acids is 1. The Kier molecular flexibility index (Phi) is 6.95. The van der Waals surface area contributed by atoms with Crippen LogP contribution in [0.4, 0.5) is 0 Å². The largest absolute Gasteiger partial charge is 0.486 e. The molecule has 2 nitrogen and oxygen atoms in total. The molecule has 0 aliphatic heterocycles. The highest BCUT2D eigenvalue weighted by Gasteiger charge is 2.27. The van der Waals surface area contributed by atoms with Crippen LogP contribution in [0.2, 0.25) is 15.1 Å². The normalized spacial score (nSPS) is 11.9. The third-order valence-electron chi connectivity index (χ3n) is 4.33. The van der Waals surface area contributed by atoms with Crippen LogP contribution in [-0.4, -0.2) is 24.4 Å². The Morgan fingerprint density at radius 3 is 1.57 bits per heavy atom. The van der Waals surface area contributed by atoms with Gasteiger partial charge in [0.15, 0.2) is 5.78 Å². The van der Waals surface area contributed by atoms with E-state index < -0.39 is 10.0 Å². The Balaban J connectivity index is 1.82. The lowest BCUT2D eigenvalue weighted by atomic mass is 10.3. The summed E-state index contributed by atoms with van der Waals surface area (Å²) in [6.07, 6.45) is 2.12. The molecule has 0 saturated heterocycles. The van der Waals surface area contributed by atoms with Gasteiger partial charge in [0.05, 0.1) is 0 Å². The second-order valence-electron chi connectivity index (χ2n) is 6.42. The second kappa shape index (κ2) is 9.23. The summed E-state index contributed by atoms with van der Waals surface area (Å²) in [6.45, 7) is 0.00536. The quantitative estimate of drug-likeness (QED) is 0.380. The number of ketones is 1. The zero-order valence-electron chi connectivity index (χ0n) is 15.2. The molecule has 146 valence electrons. The van der Waals surface area contributed by atoms with Gasteiger partial charge in [0.2, 0.25) is 0 Å². The van der Waals surface area contributed by atoms with E-state index in [0.29, 0.717) is 26.6 Å². The van der Waals surface area contributed by atoms with Crippen LogP contribution in [0.25, 0.3) is 0 Å². The Morgan fingerprint density at radius 1 is 0.750 bits per heavy atom. The maximum Gasteiger partial charge on any atom is 0.179 e. The van der Waals surface area contributed by atoms with Crippen molar-refractivity contribution < 1.29 is 9.53 Å². The first-order valence-electron chi connectivity index (χ1n) is 8.54. The maximum atomic E-state index is 12.8. The van der Waals surface area contributed by atoms with Crippen molar-refractivity contribution in [3.05, 3.63) is 87.9 Å². The van der Waals surface area contributed by atoms with Crippen molar-refractivity contribution in [3.8, 4) is 5.75 Å². The summed E-state index contributed by atoms with van der Waals surface area (Å²) in [5.41, 5.74) is 0. The standard InChI is InChI=1S/C22H19Cl3O2S/c1-28(21-10-4-17(24)5-11-21,22-12-6-18(25)7-13-22)15-19(26)14-27-20-8-2-16(23)3-9-20/h2-13H,14-15H2,1H3.